The molecule has 29 heavy (non-hydrogen) atoms. The van der Waals surface area contributed by atoms with E-state index in [1.54, 1.807) is 10.8 Å². The van der Waals surface area contributed by atoms with Gasteiger partial charge in [-0.25, -0.2) is 9.18 Å². The Labute approximate surface area is 166 Å². The van der Waals surface area contributed by atoms with Crippen molar-refractivity contribution in [2.75, 3.05) is 24.4 Å². The van der Waals surface area contributed by atoms with Gasteiger partial charge in [0.05, 0.1) is 17.4 Å². The molecule has 0 saturated heterocycles. The van der Waals surface area contributed by atoms with Gasteiger partial charge in [-0.15, -0.1) is 0 Å². The predicted molar refractivity (Wildman–Crippen MR) is 113 cm³/mol. The lowest BCUT2D eigenvalue weighted by Crippen LogP contribution is -2.19. The first kappa shape index (κ1) is 20.1. The van der Waals surface area contributed by atoms with Crippen molar-refractivity contribution in [2.45, 2.75) is 13.5 Å². The number of carbonyl (C=O) groups is 1. The number of aryl methyl sites for hydroxylation is 1. The van der Waals surface area contributed by atoms with Crippen molar-refractivity contribution in [1.82, 2.24) is 4.57 Å². The van der Waals surface area contributed by atoms with Crippen LogP contribution in [0.3, 0.4) is 0 Å². The predicted octanol–water partition coefficient (Wildman–Crippen LogP) is 3.37. The number of benzene rings is 2. The third kappa shape index (κ3) is 4.11. The largest absolute Gasteiger partial charge is 0.477 e. The van der Waals surface area contributed by atoms with E-state index in [0.29, 0.717) is 12.1 Å². The number of halogens is 1. The molecular weight excluding hydrogens is 375 g/mol. The lowest BCUT2D eigenvalue weighted by molar-refractivity contribution is 0.0695. The molecule has 3 rings (SSSR count). The molecule has 1 aromatic heterocycles. The van der Waals surface area contributed by atoms with Gasteiger partial charge in [0.15, 0.2) is 0 Å². The zero-order chi connectivity index (χ0) is 21.1. The molecule has 2 aromatic carbocycles. The molecule has 0 spiro atoms. The highest BCUT2D eigenvalue weighted by molar-refractivity contribution is 5.93. The molecule has 8 heteroatoms. The number of aromatic nitrogens is 1. The Morgan fingerprint density at radius 1 is 1.28 bits per heavy atom. The first-order valence-electron chi connectivity index (χ1n) is 8.98. The molecule has 0 unspecified atom stereocenters. The summed E-state index contributed by atoms with van der Waals surface area (Å²) in [5.74, 6) is -2.04. The van der Waals surface area contributed by atoms with E-state index in [1.165, 1.54) is 12.3 Å². The van der Waals surface area contributed by atoms with Gasteiger partial charge in [-0.3, -0.25) is 10.2 Å². The fourth-order valence-electron chi connectivity index (χ4n) is 2.94. The van der Waals surface area contributed by atoms with Gasteiger partial charge in [0.2, 0.25) is 5.43 Å². The lowest BCUT2D eigenvalue weighted by atomic mass is 10.1. The SMILES string of the molecule is CCn1cc(C(=O)O)c(=O)c2cc(F)c(N/N=C/c3ccc(N(C)C)cc3)cc21. The van der Waals surface area contributed by atoms with E-state index >= 15 is 0 Å². The van der Waals surface area contributed by atoms with Crippen LogP contribution in [0.5, 0.6) is 0 Å². The molecule has 0 amide bonds. The molecule has 0 bridgehead atoms. The normalized spacial score (nSPS) is 11.2. The molecule has 0 aliphatic carbocycles. The fourth-order valence-corrected chi connectivity index (χ4v) is 2.94. The number of aromatic carboxylic acids is 1. The van der Waals surface area contributed by atoms with Crippen molar-refractivity contribution in [3.05, 3.63) is 69.8 Å². The number of nitrogens with zero attached hydrogens (tertiary/aromatic N) is 3. The zero-order valence-electron chi connectivity index (χ0n) is 16.3. The lowest BCUT2D eigenvalue weighted by Gasteiger charge is -2.12. The standard InChI is InChI=1S/C21H21FN4O3/c1-4-26-12-16(21(28)29)20(27)15-9-17(22)18(10-19(15)26)24-23-11-13-5-7-14(8-6-13)25(2)3/h5-12,24H,4H2,1-3H3,(H,28,29)/b23-11+. The number of nitrogens with one attached hydrogen (secondary N) is 1. The van der Waals surface area contributed by atoms with E-state index in [9.17, 15) is 19.1 Å². The second-order valence-electron chi connectivity index (χ2n) is 6.67. The van der Waals surface area contributed by atoms with Gasteiger partial charge in [-0.2, -0.15) is 5.10 Å². The first-order valence-corrected chi connectivity index (χ1v) is 8.98. The minimum absolute atomic E-state index is 0.0121. The van der Waals surface area contributed by atoms with Crippen LogP contribution in [0.4, 0.5) is 15.8 Å². The van der Waals surface area contributed by atoms with Crippen LogP contribution >= 0.6 is 0 Å². The number of rotatable bonds is 6. The summed E-state index contributed by atoms with van der Waals surface area (Å²) in [5.41, 5.74) is 3.94. The summed E-state index contributed by atoms with van der Waals surface area (Å²) < 4.78 is 16.1. The highest BCUT2D eigenvalue weighted by atomic mass is 19.1. The van der Waals surface area contributed by atoms with E-state index in [-0.39, 0.29) is 11.1 Å². The number of hydrazone groups is 1. The Morgan fingerprint density at radius 3 is 2.55 bits per heavy atom. The number of pyridine rings is 1. The van der Waals surface area contributed by atoms with Crippen LogP contribution in [-0.4, -0.2) is 36.0 Å². The van der Waals surface area contributed by atoms with E-state index in [2.05, 4.69) is 10.5 Å². The third-order valence-corrected chi connectivity index (χ3v) is 4.55. The van der Waals surface area contributed by atoms with Crippen molar-refractivity contribution in [3.8, 4) is 0 Å². The highest BCUT2D eigenvalue weighted by Gasteiger charge is 2.16. The van der Waals surface area contributed by atoms with E-state index in [0.717, 1.165) is 17.3 Å². The topological polar surface area (TPSA) is 86.9 Å². The summed E-state index contributed by atoms with van der Waals surface area (Å²) in [7, 11) is 3.89. The average molecular weight is 396 g/mol. The van der Waals surface area contributed by atoms with Crippen LogP contribution in [0.25, 0.3) is 10.9 Å². The molecule has 1 heterocycles. The van der Waals surface area contributed by atoms with Gasteiger partial charge in [0.25, 0.3) is 0 Å². The number of hydrogen-bond donors (Lipinski definition) is 2. The molecule has 0 aliphatic heterocycles. The maximum atomic E-state index is 14.5. The number of anilines is 2. The Morgan fingerprint density at radius 2 is 1.97 bits per heavy atom. The Kier molecular flexibility index (Phi) is 5.63. The molecule has 0 radical (unpaired) electrons. The van der Waals surface area contributed by atoms with Crippen LogP contribution in [0.2, 0.25) is 0 Å². The minimum atomic E-state index is -1.34. The summed E-state index contributed by atoms with van der Waals surface area (Å²) >= 11 is 0. The second kappa shape index (κ2) is 8.14. The van der Waals surface area contributed by atoms with Gasteiger partial charge in [-0.05, 0) is 36.8 Å². The summed E-state index contributed by atoms with van der Waals surface area (Å²) in [6, 6.07) is 10.2. The Bertz CT molecular complexity index is 1150. The molecule has 0 atom stereocenters. The van der Waals surface area contributed by atoms with Crippen LogP contribution < -0.4 is 15.8 Å². The average Bonchev–Trinajstić information content (AvgIpc) is 2.69. The smallest absolute Gasteiger partial charge is 0.341 e. The molecule has 150 valence electrons. The summed E-state index contributed by atoms with van der Waals surface area (Å²) in [6.07, 6.45) is 2.83. The fraction of sp³-hybridized carbons (Fsp3) is 0.190. The summed E-state index contributed by atoms with van der Waals surface area (Å²) in [6.45, 7) is 2.23. The quantitative estimate of drug-likeness (QED) is 0.493. The molecule has 2 N–H and O–H groups in total. The molecular formula is C21H21FN4O3. The monoisotopic (exact) mass is 396 g/mol. The Balaban J connectivity index is 1.94. The van der Waals surface area contributed by atoms with Crippen molar-refractivity contribution in [3.63, 3.8) is 0 Å². The van der Waals surface area contributed by atoms with E-state index < -0.39 is 22.8 Å². The minimum Gasteiger partial charge on any atom is -0.477 e. The molecule has 0 fully saturated rings. The maximum absolute atomic E-state index is 14.5. The number of carboxylic acids is 1. The third-order valence-electron chi connectivity index (χ3n) is 4.55. The van der Waals surface area contributed by atoms with Crippen molar-refractivity contribution < 1.29 is 14.3 Å². The zero-order valence-corrected chi connectivity index (χ0v) is 16.3. The summed E-state index contributed by atoms with van der Waals surface area (Å²) in [5, 5.41) is 13.3. The number of hydrogen-bond acceptors (Lipinski definition) is 5. The maximum Gasteiger partial charge on any atom is 0.341 e. The van der Waals surface area contributed by atoms with Gasteiger partial charge < -0.3 is 14.6 Å². The van der Waals surface area contributed by atoms with E-state index in [1.807, 2.05) is 50.2 Å². The van der Waals surface area contributed by atoms with Gasteiger partial charge in [0.1, 0.15) is 11.4 Å². The second-order valence-corrected chi connectivity index (χ2v) is 6.67. The molecule has 0 saturated carbocycles. The Hall–Kier alpha value is -3.68. The van der Waals surface area contributed by atoms with Crippen LogP contribution in [-0.2, 0) is 6.54 Å². The van der Waals surface area contributed by atoms with Crippen molar-refractivity contribution in [2.24, 2.45) is 5.10 Å². The van der Waals surface area contributed by atoms with Crippen molar-refractivity contribution >= 4 is 34.5 Å². The summed E-state index contributed by atoms with van der Waals surface area (Å²) in [4.78, 5) is 25.6. The molecule has 3 aromatic rings. The van der Waals surface area contributed by atoms with Gasteiger partial charge >= 0.3 is 5.97 Å². The number of fused-ring (bicyclic) bond motifs is 1. The van der Waals surface area contributed by atoms with Gasteiger partial charge in [-0.1, -0.05) is 12.1 Å². The van der Waals surface area contributed by atoms with E-state index in [4.69, 9.17) is 0 Å². The van der Waals surface area contributed by atoms with Crippen LogP contribution in [0.1, 0.15) is 22.8 Å². The van der Waals surface area contributed by atoms with Crippen molar-refractivity contribution in [1.29, 1.82) is 0 Å². The molecule has 0 aliphatic rings. The van der Waals surface area contributed by atoms with Crippen LogP contribution in [0.15, 0.2) is 52.5 Å². The van der Waals surface area contributed by atoms with Gasteiger partial charge in [0, 0.05) is 37.9 Å². The molecule has 7 nitrogen and oxygen atoms in total. The highest BCUT2D eigenvalue weighted by Crippen LogP contribution is 2.22. The first-order chi connectivity index (χ1) is 13.8. The van der Waals surface area contributed by atoms with Crippen LogP contribution in [0, 0.1) is 5.82 Å². The number of carboxylic acid groups (broad SMARTS) is 1.